The van der Waals surface area contributed by atoms with Crippen LogP contribution >= 0.6 is 0 Å². The minimum atomic E-state index is -0.435. The molecule has 0 unspecified atom stereocenters. The normalized spacial score (nSPS) is 31.9. The van der Waals surface area contributed by atoms with Crippen molar-refractivity contribution in [1.29, 1.82) is 0 Å². The molecule has 2 atom stereocenters. The molecule has 0 aliphatic carbocycles. The summed E-state index contributed by atoms with van der Waals surface area (Å²) >= 11 is 0. The first-order valence-electron chi connectivity index (χ1n) is 7.09. The van der Waals surface area contributed by atoms with Crippen LogP contribution in [0.25, 0.3) is 0 Å². The highest BCUT2D eigenvalue weighted by Crippen LogP contribution is 2.40. The number of carbonyl (C=O) groups is 2. The van der Waals surface area contributed by atoms with Gasteiger partial charge in [-0.25, -0.2) is 0 Å². The number of ether oxygens (including phenoxy) is 1. The molecule has 3 aliphatic heterocycles. The molecule has 20 heavy (non-hydrogen) atoms. The first-order valence-corrected chi connectivity index (χ1v) is 7.09. The molecule has 3 heterocycles. The molecule has 0 aromatic rings. The zero-order chi connectivity index (χ0) is 14.2. The van der Waals surface area contributed by atoms with Gasteiger partial charge in [0.05, 0.1) is 5.41 Å². The Morgan fingerprint density at radius 2 is 2.10 bits per heavy atom. The van der Waals surface area contributed by atoms with Gasteiger partial charge < -0.3 is 19.9 Å². The number of hydrogen-bond donors (Lipinski definition) is 1. The third kappa shape index (κ3) is 2.03. The lowest BCUT2D eigenvalue weighted by atomic mass is 9.79. The van der Waals surface area contributed by atoms with E-state index in [4.69, 9.17) is 4.74 Å². The van der Waals surface area contributed by atoms with Crippen LogP contribution in [0, 0.1) is 11.3 Å². The number of nitrogens with one attached hydrogen (secondary N) is 1. The molecular formula is C14H21N3O3. The standard InChI is InChI=1S/C14H21N3O3/c1-20-8-12(18)17-7-11-6-15-9-14(11,10-17)13(19)16-4-2-3-5-16/h2-3,11,15H,4-10H2,1H3/t11-,14-/m1/s1. The van der Waals surface area contributed by atoms with Crippen molar-refractivity contribution in [2.24, 2.45) is 11.3 Å². The van der Waals surface area contributed by atoms with Crippen molar-refractivity contribution in [2.75, 3.05) is 53.0 Å². The zero-order valence-electron chi connectivity index (χ0n) is 11.8. The summed E-state index contributed by atoms with van der Waals surface area (Å²) < 4.78 is 4.92. The number of amides is 2. The molecule has 0 bridgehead atoms. The Balaban J connectivity index is 1.76. The number of carbonyl (C=O) groups excluding carboxylic acids is 2. The van der Waals surface area contributed by atoms with Gasteiger partial charge in [0, 0.05) is 52.3 Å². The van der Waals surface area contributed by atoms with Gasteiger partial charge in [-0.1, -0.05) is 12.2 Å². The topological polar surface area (TPSA) is 61.9 Å². The Hall–Kier alpha value is -1.40. The van der Waals surface area contributed by atoms with Crippen LogP contribution in [-0.2, 0) is 14.3 Å². The molecule has 0 saturated carbocycles. The van der Waals surface area contributed by atoms with Crippen LogP contribution in [0.1, 0.15) is 0 Å². The van der Waals surface area contributed by atoms with Gasteiger partial charge in [-0.2, -0.15) is 0 Å². The lowest BCUT2D eigenvalue weighted by Gasteiger charge is -2.31. The van der Waals surface area contributed by atoms with E-state index in [1.54, 1.807) is 4.90 Å². The predicted octanol–water partition coefficient (Wildman–Crippen LogP) is -0.921. The Morgan fingerprint density at radius 3 is 2.80 bits per heavy atom. The van der Waals surface area contributed by atoms with Gasteiger partial charge in [-0.15, -0.1) is 0 Å². The summed E-state index contributed by atoms with van der Waals surface area (Å²) in [6.07, 6.45) is 4.05. The van der Waals surface area contributed by atoms with E-state index in [1.165, 1.54) is 7.11 Å². The van der Waals surface area contributed by atoms with E-state index < -0.39 is 5.41 Å². The van der Waals surface area contributed by atoms with Gasteiger partial charge in [0.25, 0.3) is 0 Å². The van der Waals surface area contributed by atoms with E-state index >= 15 is 0 Å². The fourth-order valence-electron chi connectivity index (χ4n) is 3.59. The zero-order valence-corrected chi connectivity index (χ0v) is 11.8. The van der Waals surface area contributed by atoms with Crippen LogP contribution in [-0.4, -0.2) is 74.6 Å². The summed E-state index contributed by atoms with van der Waals surface area (Å²) in [5, 5.41) is 3.32. The summed E-state index contributed by atoms with van der Waals surface area (Å²) in [6, 6.07) is 0. The van der Waals surface area contributed by atoms with Crippen LogP contribution in [0.4, 0.5) is 0 Å². The van der Waals surface area contributed by atoms with Crippen molar-refractivity contribution >= 4 is 11.8 Å². The molecule has 0 aromatic carbocycles. The highest BCUT2D eigenvalue weighted by atomic mass is 16.5. The van der Waals surface area contributed by atoms with Crippen molar-refractivity contribution < 1.29 is 14.3 Å². The predicted molar refractivity (Wildman–Crippen MR) is 73.0 cm³/mol. The second-order valence-corrected chi connectivity index (χ2v) is 5.87. The molecule has 1 N–H and O–H groups in total. The summed E-state index contributed by atoms with van der Waals surface area (Å²) in [6.45, 7) is 4.13. The minimum Gasteiger partial charge on any atom is -0.375 e. The smallest absolute Gasteiger partial charge is 0.248 e. The van der Waals surface area contributed by atoms with Crippen LogP contribution in [0.3, 0.4) is 0 Å². The van der Waals surface area contributed by atoms with Gasteiger partial charge in [0.15, 0.2) is 0 Å². The van der Waals surface area contributed by atoms with Gasteiger partial charge in [0.1, 0.15) is 6.61 Å². The number of fused-ring (bicyclic) bond motifs is 1. The van der Waals surface area contributed by atoms with Gasteiger partial charge >= 0.3 is 0 Å². The van der Waals surface area contributed by atoms with Gasteiger partial charge in [-0.3, -0.25) is 9.59 Å². The SMILES string of the molecule is COCC(=O)N1C[C@H]2CNC[C@@]2(C(=O)N2CC=CC2)C1. The Labute approximate surface area is 118 Å². The number of methoxy groups -OCH3 is 1. The van der Waals surface area contributed by atoms with E-state index in [1.807, 2.05) is 17.1 Å². The lowest BCUT2D eigenvalue weighted by Crippen LogP contribution is -2.49. The third-order valence-electron chi connectivity index (χ3n) is 4.68. The molecule has 6 heteroatoms. The molecule has 2 amide bonds. The monoisotopic (exact) mass is 279 g/mol. The van der Waals surface area contributed by atoms with Crippen molar-refractivity contribution in [3.8, 4) is 0 Å². The van der Waals surface area contributed by atoms with Crippen molar-refractivity contribution in [2.45, 2.75) is 0 Å². The van der Waals surface area contributed by atoms with E-state index in [0.29, 0.717) is 32.7 Å². The summed E-state index contributed by atoms with van der Waals surface area (Å²) in [7, 11) is 1.52. The summed E-state index contributed by atoms with van der Waals surface area (Å²) in [5.41, 5.74) is -0.435. The Bertz CT molecular complexity index is 443. The Kier molecular flexibility index (Phi) is 3.52. The highest BCUT2D eigenvalue weighted by Gasteiger charge is 2.56. The fourth-order valence-corrected chi connectivity index (χ4v) is 3.59. The van der Waals surface area contributed by atoms with Crippen molar-refractivity contribution in [3.05, 3.63) is 12.2 Å². The summed E-state index contributed by atoms with van der Waals surface area (Å²) in [5.74, 6) is 0.384. The molecule has 0 spiro atoms. The van der Waals surface area contributed by atoms with Crippen LogP contribution < -0.4 is 5.32 Å². The second kappa shape index (κ2) is 5.18. The second-order valence-electron chi connectivity index (χ2n) is 5.87. The van der Waals surface area contributed by atoms with Crippen molar-refractivity contribution in [1.82, 2.24) is 15.1 Å². The van der Waals surface area contributed by atoms with Crippen LogP contribution in [0.15, 0.2) is 12.2 Å². The maximum absolute atomic E-state index is 12.9. The maximum Gasteiger partial charge on any atom is 0.248 e. The highest BCUT2D eigenvalue weighted by molar-refractivity contribution is 5.87. The number of hydrogen-bond acceptors (Lipinski definition) is 4. The molecule has 6 nitrogen and oxygen atoms in total. The molecule has 0 aromatic heterocycles. The number of rotatable bonds is 3. The summed E-state index contributed by atoms with van der Waals surface area (Å²) in [4.78, 5) is 28.5. The molecule has 3 aliphatic rings. The number of likely N-dealkylation sites (tertiary alicyclic amines) is 1. The molecule has 2 saturated heterocycles. The third-order valence-corrected chi connectivity index (χ3v) is 4.68. The average Bonchev–Trinajstić information content (AvgIpc) is 3.13. The van der Waals surface area contributed by atoms with Gasteiger partial charge in [0.2, 0.25) is 11.8 Å². The lowest BCUT2D eigenvalue weighted by molar-refractivity contribution is -0.141. The van der Waals surface area contributed by atoms with E-state index in [0.717, 1.165) is 6.54 Å². The van der Waals surface area contributed by atoms with Crippen LogP contribution in [0.2, 0.25) is 0 Å². The van der Waals surface area contributed by atoms with Gasteiger partial charge in [-0.05, 0) is 0 Å². The average molecular weight is 279 g/mol. The minimum absolute atomic E-state index is 0.0198. The largest absolute Gasteiger partial charge is 0.375 e. The van der Waals surface area contributed by atoms with E-state index in [9.17, 15) is 9.59 Å². The van der Waals surface area contributed by atoms with Crippen LogP contribution in [0.5, 0.6) is 0 Å². The maximum atomic E-state index is 12.9. The molecule has 3 rings (SSSR count). The molecule has 0 radical (unpaired) electrons. The molecule has 110 valence electrons. The van der Waals surface area contributed by atoms with E-state index in [-0.39, 0.29) is 24.3 Å². The number of nitrogens with zero attached hydrogens (tertiary/aromatic N) is 2. The molecule has 2 fully saturated rings. The van der Waals surface area contributed by atoms with Crippen molar-refractivity contribution in [3.63, 3.8) is 0 Å². The fraction of sp³-hybridized carbons (Fsp3) is 0.714. The quantitative estimate of drug-likeness (QED) is 0.679. The first-order chi connectivity index (χ1) is 9.67. The Morgan fingerprint density at radius 1 is 1.35 bits per heavy atom. The first kappa shape index (κ1) is 13.6. The van der Waals surface area contributed by atoms with E-state index in [2.05, 4.69) is 5.32 Å². The molecular weight excluding hydrogens is 258 g/mol.